The Balaban J connectivity index is 2.13. The minimum atomic E-state index is -3.70. The van der Waals surface area contributed by atoms with Crippen molar-refractivity contribution in [3.63, 3.8) is 0 Å². The normalized spacial score (nSPS) is 12.4. The first-order valence-corrected chi connectivity index (χ1v) is 10.7. The number of amides is 1. The number of sulfonamides is 1. The first-order valence-electron chi connectivity index (χ1n) is 8.49. The highest BCUT2D eigenvalue weighted by molar-refractivity contribution is 7.92. The zero-order chi connectivity index (χ0) is 20.0. The van der Waals surface area contributed by atoms with Crippen molar-refractivity contribution in [2.24, 2.45) is 0 Å². The molecule has 146 valence electrons. The van der Waals surface area contributed by atoms with E-state index in [0.717, 1.165) is 16.1 Å². The number of carbonyl (C=O) groups is 1. The minimum absolute atomic E-state index is 0.294. The number of rotatable bonds is 8. The minimum Gasteiger partial charge on any atom is -0.354 e. The third kappa shape index (κ3) is 5.94. The molecule has 0 radical (unpaired) electrons. The van der Waals surface area contributed by atoms with Crippen molar-refractivity contribution in [3.8, 4) is 0 Å². The van der Waals surface area contributed by atoms with Crippen LogP contribution in [0.1, 0.15) is 18.9 Å². The van der Waals surface area contributed by atoms with Gasteiger partial charge in [0.25, 0.3) is 0 Å². The van der Waals surface area contributed by atoms with Crippen LogP contribution in [0.2, 0.25) is 5.02 Å². The quantitative estimate of drug-likeness (QED) is 0.722. The molecular formula is C19H22ClFN2O3S. The average molecular weight is 413 g/mol. The lowest BCUT2D eigenvalue weighted by Crippen LogP contribution is -2.49. The van der Waals surface area contributed by atoms with Crippen molar-refractivity contribution in [1.29, 1.82) is 0 Å². The van der Waals surface area contributed by atoms with Crippen molar-refractivity contribution in [1.82, 2.24) is 5.32 Å². The van der Waals surface area contributed by atoms with Crippen LogP contribution in [0, 0.1) is 5.82 Å². The van der Waals surface area contributed by atoms with Crippen molar-refractivity contribution in [2.45, 2.75) is 25.8 Å². The molecule has 0 saturated heterocycles. The van der Waals surface area contributed by atoms with Crippen LogP contribution in [0.25, 0.3) is 0 Å². The van der Waals surface area contributed by atoms with Crippen LogP contribution < -0.4 is 9.62 Å². The van der Waals surface area contributed by atoms with Crippen LogP contribution in [-0.2, 0) is 21.2 Å². The van der Waals surface area contributed by atoms with Gasteiger partial charge in [0.1, 0.15) is 11.9 Å². The van der Waals surface area contributed by atoms with E-state index in [4.69, 9.17) is 11.6 Å². The van der Waals surface area contributed by atoms with E-state index in [1.807, 2.05) is 0 Å². The van der Waals surface area contributed by atoms with Gasteiger partial charge >= 0.3 is 0 Å². The number of carbonyl (C=O) groups excluding carboxylic acids is 1. The maximum absolute atomic E-state index is 12.9. The van der Waals surface area contributed by atoms with Gasteiger partial charge in [-0.15, -0.1) is 0 Å². The molecule has 0 fully saturated rings. The van der Waals surface area contributed by atoms with Crippen molar-refractivity contribution in [3.05, 3.63) is 64.9 Å². The van der Waals surface area contributed by atoms with E-state index in [9.17, 15) is 17.6 Å². The Kier molecular flexibility index (Phi) is 7.21. The lowest BCUT2D eigenvalue weighted by atomic mass is 10.1. The second-order valence-electron chi connectivity index (χ2n) is 6.13. The van der Waals surface area contributed by atoms with Gasteiger partial charge in [0, 0.05) is 11.6 Å². The largest absolute Gasteiger partial charge is 0.354 e. The zero-order valence-corrected chi connectivity index (χ0v) is 16.7. The number of hydrogen-bond donors (Lipinski definition) is 1. The summed E-state index contributed by atoms with van der Waals surface area (Å²) in [6.45, 7) is 2.06. The van der Waals surface area contributed by atoms with Crippen LogP contribution in [0.4, 0.5) is 10.1 Å². The number of halogens is 2. The van der Waals surface area contributed by atoms with Crippen molar-refractivity contribution >= 4 is 33.2 Å². The molecular weight excluding hydrogens is 391 g/mol. The molecule has 0 aliphatic carbocycles. The maximum Gasteiger partial charge on any atom is 0.243 e. The lowest BCUT2D eigenvalue weighted by molar-refractivity contribution is -0.122. The number of nitrogens with one attached hydrogen (secondary N) is 1. The van der Waals surface area contributed by atoms with Crippen LogP contribution in [0.3, 0.4) is 0 Å². The summed E-state index contributed by atoms with van der Waals surface area (Å²) in [4.78, 5) is 12.7. The molecule has 1 N–H and O–H groups in total. The summed E-state index contributed by atoms with van der Waals surface area (Å²) in [5.41, 5.74) is 1.21. The predicted molar refractivity (Wildman–Crippen MR) is 106 cm³/mol. The third-order valence-electron chi connectivity index (χ3n) is 4.02. The molecule has 0 saturated carbocycles. The highest BCUT2D eigenvalue weighted by Crippen LogP contribution is 2.25. The molecule has 5 nitrogen and oxygen atoms in total. The molecule has 0 unspecified atom stereocenters. The predicted octanol–water partition coefficient (Wildman–Crippen LogP) is 3.38. The summed E-state index contributed by atoms with van der Waals surface area (Å²) >= 11 is 5.98. The molecule has 2 aromatic rings. The monoisotopic (exact) mass is 412 g/mol. The van der Waals surface area contributed by atoms with Crippen LogP contribution in [0.15, 0.2) is 48.5 Å². The van der Waals surface area contributed by atoms with Gasteiger partial charge in [-0.25, -0.2) is 12.8 Å². The Morgan fingerprint density at radius 3 is 2.44 bits per heavy atom. The molecule has 0 aliphatic rings. The molecule has 2 rings (SSSR count). The van der Waals surface area contributed by atoms with E-state index >= 15 is 0 Å². The van der Waals surface area contributed by atoms with Gasteiger partial charge in [-0.05, 0) is 48.7 Å². The van der Waals surface area contributed by atoms with E-state index in [0.29, 0.717) is 30.1 Å². The summed E-state index contributed by atoms with van der Waals surface area (Å²) < 4.78 is 38.7. The third-order valence-corrected chi connectivity index (χ3v) is 5.43. The van der Waals surface area contributed by atoms with Gasteiger partial charge in [-0.2, -0.15) is 0 Å². The van der Waals surface area contributed by atoms with Crippen LogP contribution >= 0.6 is 11.6 Å². The number of anilines is 1. The molecule has 0 heterocycles. The summed E-state index contributed by atoms with van der Waals surface area (Å²) in [7, 11) is -3.70. The number of nitrogens with zero attached hydrogens (tertiary/aromatic N) is 1. The standard InChI is InChI=1S/C19H22ClFN2O3S/c1-3-18(19(24)22-12-11-14-7-9-16(21)10-8-14)23(27(2,25)26)17-6-4-5-15(20)13-17/h4-10,13,18H,3,11-12H2,1-2H3,(H,22,24)/t18-/m0/s1. The molecule has 0 aromatic heterocycles. The number of hydrogen-bond acceptors (Lipinski definition) is 3. The first kappa shape index (κ1) is 21.2. The van der Waals surface area contributed by atoms with Crippen molar-refractivity contribution in [2.75, 3.05) is 17.1 Å². The average Bonchev–Trinajstić information content (AvgIpc) is 2.60. The molecule has 8 heteroatoms. The Bertz CT molecular complexity index is 888. The van der Waals surface area contributed by atoms with Crippen LogP contribution in [0.5, 0.6) is 0 Å². The SMILES string of the molecule is CC[C@@H](C(=O)NCCc1ccc(F)cc1)N(c1cccc(Cl)c1)S(C)(=O)=O. The van der Waals surface area contributed by atoms with Crippen molar-refractivity contribution < 1.29 is 17.6 Å². The van der Waals surface area contributed by atoms with Gasteiger partial charge in [-0.3, -0.25) is 9.10 Å². The van der Waals surface area contributed by atoms with Gasteiger partial charge in [0.2, 0.25) is 15.9 Å². The summed E-state index contributed by atoms with van der Waals surface area (Å²) in [5.74, 6) is -0.718. The first-order chi connectivity index (χ1) is 12.7. The summed E-state index contributed by atoms with van der Waals surface area (Å²) in [5, 5.41) is 3.14. The molecule has 1 amide bonds. The molecule has 1 atom stereocenters. The van der Waals surface area contributed by atoms with E-state index in [1.54, 1.807) is 37.3 Å². The fourth-order valence-corrected chi connectivity index (χ4v) is 4.16. The Hall–Kier alpha value is -2.12. The van der Waals surface area contributed by atoms with E-state index in [1.165, 1.54) is 18.2 Å². The second-order valence-corrected chi connectivity index (χ2v) is 8.43. The van der Waals surface area contributed by atoms with Gasteiger partial charge in [-0.1, -0.05) is 36.7 Å². The highest BCUT2D eigenvalue weighted by atomic mass is 35.5. The number of benzene rings is 2. The fraction of sp³-hybridized carbons (Fsp3) is 0.316. The smallest absolute Gasteiger partial charge is 0.243 e. The van der Waals surface area contributed by atoms with E-state index in [-0.39, 0.29) is 5.82 Å². The van der Waals surface area contributed by atoms with Gasteiger partial charge in [0.15, 0.2) is 0 Å². The zero-order valence-electron chi connectivity index (χ0n) is 15.2. The molecule has 2 aromatic carbocycles. The van der Waals surface area contributed by atoms with Crippen LogP contribution in [-0.4, -0.2) is 33.2 Å². The maximum atomic E-state index is 12.9. The molecule has 0 aliphatic heterocycles. The van der Waals surface area contributed by atoms with E-state index in [2.05, 4.69) is 5.32 Å². The Labute approximate surface area is 164 Å². The lowest BCUT2D eigenvalue weighted by Gasteiger charge is -2.30. The molecule has 27 heavy (non-hydrogen) atoms. The van der Waals surface area contributed by atoms with Gasteiger partial charge < -0.3 is 5.32 Å². The Morgan fingerprint density at radius 1 is 1.22 bits per heavy atom. The highest BCUT2D eigenvalue weighted by Gasteiger charge is 2.31. The van der Waals surface area contributed by atoms with Gasteiger partial charge in [0.05, 0.1) is 11.9 Å². The Morgan fingerprint density at radius 2 is 1.89 bits per heavy atom. The summed E-state index contributed by atoms with van der Waals surface area (Å²) in [6, 6.07) is 11.5. The second kappa shape index (κ2) is 9.19. The molecule has 0 spiro atoms. The fourth-order valence-electron chi connectivity index (χ4n) is 2.77. The summed E-state index contributed by atoms with van der Waals surface area (Å²) in [6.07, 6.45) is 1.86. The van der Waals surface area contributed by atoms with E-state index < -0.39 is 22.0 Å². The molecule has 0 bridgehead atoms. The topological polar surface area (TPSA) is 66.5 Å².